The Morgan fingerprint density at radius 1 is 1.04 bits per heavy atom. The van der Waals surface area contributed by atoms with Crippen LogP contribution in [0, 0.1) is 0 Å². The predicted molar refractivity (Wildman–Crippen MR) is 92.7 cm³/mol. The molecule has 0 saturated heterocycles. The second-order valence-electron chi connectivity index (χ2n) is 5.39. The minimum atomic E-state index is -0.0632. The molecule has 3 rings (SSSR count). The van der Waals surface area contributed by atoms with E-state index in [0.717, 1.165) is 28.8 Å². The molecule has 0 atom stereocenters. The number of nitrogens with one attached hydrogen (secondary N) is 2. The Labute approximate surface area is 135 Å². The van der Waals surface area contributed by atoms with E-state index in [9.17, 15) is 4.79 Å². The Morgan fingerprint density at radius 3 is 2.65 bits per heavy atom. The van der Waals surface area contributed by atoms with Crippen LogP contribution in [0.25, 0.3) is 10.9 Å². The highest BCUT2D eigenvalue weighted by Gasteiger charge is 2.04. The molecule has 23 heavy (non-hydrogen) atoms. The van der Waals surface area contributed by atoms with Crippen molar-refractivity contribution in [3.63, 3.8) is 0 Å². The monoisotopic (exact) mass is 308 g/mol. The molecule has 1 aromatic heterocycles. The molecule has 4 nitrogen and oxygen atoms in total. The minimum Gasteiger partial charge on any atom is -0.494 e. The molecular formula is C19H20N2O2. The molecular weight excluding hydrogens is 288 g/mol. The third-order valence-corrected chi connectivity index (χ3v) is 3.69. The third-order valence-electron chi connectivity index (χ3n) is 3.69. The van der Waals surface area contributed by atoms with Gasteiger partial charge in [0, 0.05) is 24.7 Å². The molecule has 0 bridgehead atoms. The maximum absolute atomic E-state index is 12.2. The lowest BCUT2D eigenvalue weighted by Crippen LogP contribution is -2.20. The van der Waals surface area contributed by atoms with E-state index >= 15 is 0 Å². The van der Waals surface area contributed by atoms with E-state index in [4.69, 9.17) is 4.74 Å². The van der Waals surface area contributed by atoms with Crippen LogP contribution in [0.15, 0.2) is 59.4 Å². The van der Waals surface area contributed by atoms with Crippen LogP contribution in [0.4, 0.5) is 0 Å². The van der Waals surface area contributed by atoms with Gasteiger partial charge in [0.2, 0.25) is 0 Å². The number of rotatable bonds is 6. The van der Waals surface area contributed by atoms with E-state index in [1.54, 1.807) is 0 Å². The lowest BCUT2D eigenvalue weighted by molar-refractivity contribution is 0.340. The Morgan fingerprint density at radius 2 is 1.87 bits per heavy atom. The fourth-order valence-electron chi connectivity index (χ4n) is 2.55. The Kier molecular flexibility index (Phi) is 4.74. The normalized spacial score (nSPS) is 10.8. The highest BCUT2D eigenvalue weighted by Crippen LogP contribution is 2.18. The van der Waals surface area contributed by atoms with Crippen LogP contribution in [-0.2, 0) is 13.1 Å². The number of pyridine rings is 1. The number of hydrogen-bond donors (Lipinski definition) is 2. The van der Waals surface area contributed by atoms with Gasteiger partial charge in [-0.25, -0.2) is 0 Å². The first-order valence-corrected chi connectivity index (χ1v) is 7.79. The van der Waals surface area contributed by atoms with Crippen molar-refractivity contribution in [1.29, 1.82) is 0 Å². The van der Waals surface area contributed by atoms with Crippen LogP contribution in [0.5, 0.6) is 5.75 Å². The Balaban J connectivity index is 1.75. The Bertz CT molecular complexity index is 841. The summed E-state index contributed by atoms with van der Waals surface area (Å²) in [5, 5.41) is 4.31. The summed E-state index contributed by atoms with van der Waals surface area (Å²) in [5.74, 6) is 0.769. The highest BCUT2D eigenvalue weighted by atomic mass is 16.5. The van der Waals surface area contributed by atoms with Crippen molar-refractivity contribution in [3.8, 4) is 5.75 Å². The molecule has 0 unspecified atom stereocenters. The van der Waals surface area contributed by atoms with Crippen molar-refractivity contribution in [2.24, 2.45) is 0 Å². The van der Waals surface area contributed by atoms with Gasteiger partial charge < -0.3 is 15.0 Å². The van der Waals surface area contributed by atoms with E-state index in [2.05, 4.69) is 22.4 Å². The van der Waals surface area contributed by atoms with Gasteiger partial charge in [-0.05, 0) is 36.1 Å². The van der Waals surface area contributed by atoms with E-state index in [1.165, 1.54) is 5.56 Å². The number of aromatic amines is 1. The molecule has 0 aliphatic carbocycles. The van der Waals surface area contributed by atoms with E-state index < -0.39 is 0 Å². The standard InChI is InChI=1S/C19H20N2O2/c1-2-23-17-9-8-15-10-16(19(22)21-18(15)11-17)13-20-12-14-6-4-3-5-7-14/h3-11,20H,2,12-13H2,1H3,(H,21,22). The van der Waals surface area contributed by atoms with Gasteiger partial charge in [0.15, 0.2) is 0 Å². The summed E-state index contributed by atoms with van der Waals surface area (Å²) in [5.41, 5.74) is 2.67. The number of ether oxygens (including phenoxy) is 1. The predicted octanol–water partition coefficient (Wildman–Crippen LogP) is 3.22. The maximum atomic E-state index is 12.2. The fraction of sp³-hybridized carbons (Fsp3) is 0.211. The van der Waals surface area contributed by atoms with Gasteiger partial charge in [-0.3, -0.25) is 4.79 Å². The number of aromatic nitrogens is 1. The largest absolute Gasteiger partial charge is 0.494 e. The van der Waals surface area contributed by atoms with Crippen LogP contribution >= 0.6 is 0 Å². The first-order valence-electron chi connectivity index (χ1n) is 7.79. The summed E-state index contributed by atoms with van der Waals surface area (Å²) in [6.45, 7) is 3.82. The molecule has 118 valence electrons. The highest BCUT2D eigenvalue weighted by molar-refractivity contribution is 5.80. The summed E-state index contributed by atoms with van der Waals surface area (Å²) >= 11 is 0. The van der Waals surface area contributed by atoms with Crippen LogP contribution < -0.4 is 15.6 Å². The number of benzene rings is 2. The molecule has 0 spiro atoms. The van der Waals surface area contributed by atoms with Crippen molar-refractivity contribution in [2.45, 2.75) is 20.0 Å². The molecule has 3 aromatic rings. The molecule has 0 aliphatic rings. The first kappa shape index (κ1) is 15.3. The number of H-pyrrole nitrogens is 1. The van der Waals surface area contributed by atoms with Crippen molar-refractivity contribution < 1.29 is 4.74 Å². The quantitative estimate of drug-likeness (QED) is 0.735. The second kappa shape index (κ2) is 7.11. The maximum Gasteiger partial charge on any atom is 0.252 e. The Hall–Kier alpha value is -2.59. The summed E-state index contributed by atoms with van der Waals surface area (Å²) < 4.78 is 5.46. The van der Waals surface area contributed by atoms with Crippen LogP contribution in [0.3, 0.4) is 0 Å². The van der Waals surface area contributed by atoms with Crippen LogP contribution in [0.1, 0.15) is 18.1 Å². The van der Waals surface area contributed by atoms with Crippen molar-refractivity contribution >= 4 is 10.9 Å². The smallest absolute Gasteiger partial charge is 0.252 e. The van der Waals surface area contributed by atoms with Gasteiger partial charge in [-0.1, -0.05) is 30.3 Å². The van der Waals surface area contributed by atoms with Crippen molar-refractivity contribution in [1.82, 2.24) is 10.3 Å². The minimum absolute atomic E-state index is 0.0632. The molecule has 1 heterocycles. The van der Waals surface area contributed by atoms with Gasteiger partial charge in [0.25, 0.3) is 5.56 Å². The van der Waals surface area contributed by atoms with Gasteiger partial charge in [-0.15, -0.1) is 0 Å². The van der Waals surface area contributed by atoms with Gasteiger partial charge in [0.05, 0.1) is 12.1 Å². The average Bonchev–Trinajstić information content (AvgIpc) is 2.57. The number of hydrogen-bond acceptors (Lipinski definition) is 3. The molecule has 2 N–H and O–H groups in total. The fourth-order valence-corrected chi connectivity index (χ4v) is 2.55. The van der Waals surface area contributed by atoms with E-state index in [0.29, 0.717) is 13.2 Å². The lowest BCUT2D eigenvalue weighted by atomic mass is 10.1. The molecule has 0 saturated carbocycles. The van der Waals surface area contributed by atoms with E-state index in [1.807, 2.05) is 49.4 Å². The topological polar surface area (TPSA) is 54.1 Å². The zero-order chi connectivity index (χ0) is 16.1. The zero-order valence-corrected chi connectivity index (χ0v) is 13.1. The van der Waals surface area contributed by atoms with Crippen molar-refractivity contribution in [2.75, 3.05) is 6.61 Å². The van der Waals surface area contributed by atoms with Gasteiger partial charge >= 0.3 is 0 Å². The number of fused-ring (bicyclic) bond motifs is 1. The van der Waals surface area contributed by atoms with Crippen molar-refractivity contribution in [3.05, 3.63) is 76.1 Å². The molecule has 0 radical (unpaired) electrons. The molecule has 0 amide bonds. The summed E-state index contributed by atoms with van der Waals surface area (Å²) in [7, 11) is 0. The SMILES string of the molecule is CCOc1ccc2cc(CNCc3ccccc3)c(=O)[nH]c2c1. The summed E-state index contributed by atoms with van der Waals surface area (Å²) in [6.07, 6.45) is 0. The molecule has 0 fully saturated rings. The molecule has 0 aliphatic heterocycles. The molecule has 4 heteroatoms. The van der Waals surface area contributed by atoms with Gasteiger partial charge in [-0.2, -0.15) is 0 Å². The lowest BCUT2D eigenvalue weighted by Gasteiger charge is -2.08. The summed E-state index contributed by atoms with van der Waals surface area (Å²) in [6, 6.07) is 17.8. The molecule has 2 aromatic carbocycles. The van der Waals surface area contributed by atoms with Crippen LogP contribution in [-0.4, -0.2) is 11.6 Å². The van der Waals surface area contributed by atoms with Crippen LogP contribution in [0.2, 0.25) is 0 Å². The van der Waals surface area contributed by atoms with Gasteiger partial charge in [0.1, 0.15) is 5.75 Å². The summed E-state index contributed by atoms with van der Waals surface area (Å²) in [4.78, 5) is 15.1. The average molecular weight is 308 g/mol. The third kappa shape index (κ3) is 3.79. The second-order valence-corrected chi connectivity index (χ2v) is 5.39. The zero-order valence-electron chi connectivity index (χ0n) is 13.1. The first-order chi connectivity index (χ1) is 11.3. The van der Waals surface area contributed by atoms with E-state index in [-0.39, 0.29) is 5.56 Å².